The predicted octanol–water partition coefficient (Wildman–Crippen LogP) is 5.96. The van der Waals surface area contributed by atoms with Gasteiger partial charge < -0.3 is 9.84 Å². The number of carbonyl (C=O) groups is 3. The number of halogens is 2. The maximum Gasteiger partial charge on any atom is 0.414 e. The van der Waals surface area contributed by atoms with E-state index < -0.39 is 29.4 Å². The van der Waals surface area contributed by atoms with Crippen LogP contribution in [0.3, 0.4) is 0 Å². The summed E-state index contributed by atoms with van der Waals surface area (Å²) in [6, 6.07) is 9.86. The van der Waals surface area contributed by atoms with Crippen LogP contribution in [0.2, 0.25) is 5.02 Å². The molecule has 0 aliphatic heterocycles. The largest absolute Gasteiger partial charge is 0.478 e. The average molecular weight is 539 g/mol. The molecule has 4 aromatic rings. The van der Waals surface area contributed by atoms with Crippen molar-refractivity contribution >= 4 is 46.3 Å². The molecule has 0 unspecified atom stereocenters. The van der Waals surface area contributed by atoms with Crippen molar-refractivity contribution in [1.29, 1.82) is 0 Å². The van der Waals surface area contributed by atoms with E-state index >= 15 is 4.39 Å². The molecule has 0 aliphatic rings. The fourth-order valence-corrected chi connectivity index (χ4v) is 4.09. The van der Waals surface area contributed by atoms with E-state index in [1.807, 2.05) is 0 Å². The Kier molecular flexibility index (Phi) is 6.94. The number of benzene rings is 2. The number of aromatic nitrogens is 3. The summed E-state index contributed by atoms with van der Waals surface area (Å²) in [7, 11) is 1.49. The molecule has 0 atom stereocenters. The third-order valence-corrected chi connectivity index (χ3v) is 5.97. The number of aryl methyl sites for hydroxylation is 1. The molecule has 1 amide bonds. The van der Waals surface area contributed by atoms with E-state index in [0.29, 0.717) is 11.3 Å². The molecule has 38 heavy (non-hydrogen) atoms. The molecule has 0 aliphatic carbocycles. The number of rotatable bonds is 4. The molecular weight excluding hydrogens is 515 g/mol. The van der Waals surface area contributed by atoms with Gasteiger partial charge in [-0.1, -0.05) is 23.7 Å². The van der Waals surface area contributed by atoms with Gasteiger partial charge in [-0.05, 0) is 63.6 Å². The normalized spacial score (nSPS) is 11.4. The summed E-state index contributed by atoms with van der Waals surface area (Å²) in [5.41, 5.74) is 0.399. The minimum atomic E-state index is -1.29. The number of pyridine rings is 1. The van der Waals surface area contributed by atoms with Crippen molar-refractivity contribution < 1.29 is 28.6 Å². The molecule has 11 heteroatoms. The number of nitrogens with zero attached hydrogens (tertiary/aromatic N) is 4. The van der Waals surface area contributed by atoms with E-state index in [9.17, 15) is 19.5 Å². The van der Waals surface area contributed by atoms with Gasteiger partial charge in [0.2, 0.25) is 0 Å². The lowest BCUT2D eigenvalue weighted by molar-refractivity contribution is 0.0588. The third kappa shape index (κ3) is 5.08. The van der Waals surface area contributed by atoms with Crippen molar-refractivity contribution in [3.05, 3.63) is 76.2 Å². The maximum atomic E-state index is 15.0. The van der Waals surface area contributed by atoms with E-state index in [0.717, 1.165) is 10.7 Å². The Bertz CT molecular complexity index is 1590. The molecule has 0 fully saturated rings. The molecule has 0 bridgehead atoms. The molecule has 0 spiro atoms. The number of fused-ring (bicyclic) bond motifs is 1. The van der Waals surface area contributed by atoms with Gasteiger partial charge in [-0.15, -0.1) is 0 Å². The minimum Gasteiger partial charge on any atom is -0.478 e. The molecule has 1 N–H and O–H groups in total. The lowest BCUT2D eigenvalue weighted by Gasteiger charge is -2.24. The number of ether oxygens (including phenoxy) is 1. The number of carboxylic acid groups (broad SMARTS) is 1. The van der Waals surface area contributed by atoms with Crippen molar-refractivity contribution in [2.45, 2.75) is 33.3 Å². The zero-order chi connectivity index (χ0) is 27.9. The van der Waals surface area contributed by atoms with E-state index in [2.05, 4.69) is 10.1 Å². The molecule has 2 heterocycles. The Labute approximate surface area is 222 Å². The van der Waals surface area contributed by atoms with Crippen molar-refractivity contribution in [3.63, 3.8) is 0 Å². The van der Waals surface area contributed by atoms with Gasteiger partial charge in [0.15, 0.2) is 0 Å². The Balaban J connectivity index is 1.93. The predicted molar refractivity (Wildman–Crippen MR) is 140 cm³/mol. The number of anilines is 1. The Hall–Kier alpha value is -4.31. The quantitative estimate of drug-likeness (QED) is 0.341. The molecule has 0 saturated heterocycles. The number of carboxylic acids is 1. The summed E-state index contributed by atoms with van der Waals surface area (Å²) in [6.07, 6.45) is 0.727. The number of hydrogen-bond donors (Lipinski definition) is 1. The first-order valence-corrected chi connectivity index (χ1v) is 11.8. The lowest BCUT2D eigenvalue weighted by atomic mass is 10.1. The highest BCUT2D eigenvalue weighted by Crippen LogP contribution is 2.32. The Morgan fingerprint density at radius 1 is 1.13 bits per heavy atom. The van der Waals surface area contributed by atoms with Gasteiger partial charge in [-0.2, -0.15) is 9.78 Å². The standard InChI is InChI=1S/C27H24ClFN4O5/c1-14-7-6-8-18(28)21(14)24(34)33-20-12-16(32(5)26(37)38-27(2,3)4)13-30-23(20)22(31-33)17-10-9-15(25(35)36)11-19(17)29/h6-13H,1-5H3,(H,35,36). The molecule has 2 aromatic carbocycles. The van der Waals surface area contributed by atoms with Gasteiger partial charge in [-0.3, -0.25) is 14.7 Å². The molecule has 0 saturated carbocycles. The van der Waals surface area contributed by atoms with E-state index in [1.54, 1.807) is 45.9 Å². The van der Waals surface area contributed by atoms with Crippen LogP contribution in [0, 0.1) is 12.7 Å². The van der Waals surface area contributed by atoms with Crippen molar-refractivity contribution in [2.24, 2.45) is 0 Å². The maximum absolute atomic E-state index is 15.0. The lowest BCUT2D eigenvalue weighted by Crippen LogP contribution is -2.34. The fraction of sp³-hybridized carbons (Fsp3) is 0.222. The fourth-order valence-electron chi connectivity index (χ4n) is 3.79. The molecular formula is C27H24ClFN4O5. The van der Waals surface area contributed by atoms with Gasteiger partial charge in [0.05, 0.1) is 33.6 Å². The smallest absolute Gasteiger partial charge is 0.414 e. The van der Waals surface area contributed by atoms with Crippen LogP contribution in [0.15, 0.2) is 48.7 Å². The van der Waals surface area contributed by atoms with Crippen LogP contribution in [-0.4, -0.2) is 50.5 Å². The molecule has 4 rings (SSSR count). The summed E-state index contributed by atoms with van der Waals surface area (Å²) in [6.45, 7) is 6.92. The molecule has 0 radical (unpaired) electrons. The van der Waals surface area contributed by atoms with Crippen LogP contribution in [0.1, 0.15) is 47.1 Å². The highest BCUT2D eigenvalue weighted by atomic mass is 35.5. The number of hydrogen-bond acceptors (Lipinski definition) is 6. The van der Waals surface area contributed by atoms with Crippen LogP contribution >= 0.6 is 11.6 Å². The Morgan fingerprint density at radius 3 is 2.45 bits per heavy atom. The second-order valence-corrected chi connectivity index (χ2v) is 10.0. The molecule has 196 valence electrons. The van der Waals surface area contributed by atoms with Gasteiger partial charge in [0, 0.05) is 12.6 Å². The molecule has 9 nitrogen and oxygen atoms in total. The summed E-state index contributed by atoms with van der Waals surface area (Å²) < 4.78 is 21.5. The first-order chi connectivity index (χ1) is 17.8. The van der Waals surface area contributed by atoms with Crippen molar-refractivity contribution in [1.82, 2.24) is 14.8 Å². The highest BCUT2D eigenvalue weighted by Gasteiger charge is 2.26. The monoisotopic (exact) mass is 538 g/mol. The van der Waals surface area contributed by atoms with E-state index in [1.165, 1.54) is 36.3 Å². The van der Waals surface area contributed by atoms with Crippen LogP contribution in [0.4, 0.5) is 14.9 Å². The second-order valence-electron chi connectivity index (χ2n) is 9.60. The Morgan fingerprint density at radius 2 is 1.84 bits per heavy atom. The second kappa shape index (κ2) is 9.86. The van der Waals surface area contributed by atoms with E-state index in [-0.39, 0.29) is 38.4 Å². The van der Waals surface area contributed by atoms with Crippen LogP contribution in [0.25, 0.3) is 22.3 Å². The summed E-state index contributed by atoms with van der Waals surface area (Å²) in [4.78, 5) is 43.2. The highest BCUT2D eigenvalue weighted by molar-refractivity contribution is 6.34. The SMILES string of the molecule is Cc1cccc(Cl)c1C(=O)n1nc(-c2ccc(C(=O)O)cc2F)c2ncc(N(C)C(=O)OC(C)(C)C)cc21. The van der Waals surface area contributed by atoms with Gasteiger partial charge in [0.25, 0.3) is 5.91 Å². The summed E-state index contributed by atoms with van der Waals surface area (Å²) in [5.74, 6) is -2.73. The first-order valence-electron chi connectivity index (χ1n) is 11.5. The summed E-state index contributed by atoms with van der Waals surface area (Å²) >= 11 is 6.34. The topological polar surface area (TPSA) is 115 Å². The van der Waals surface area contributed by atoms with Gasteiger partial charge in [-0.25, -0.2) is 14.0 Å². The van der Waals surface area contributed by atoms with Crippen LogP contribution < -0.4 is 4.90 Å². The first kappa shape index (κ1) is 26.7. The number of amides is 1. The average Bonchev–Trinajstić information content (AvgIpc) is 3.20. The van der Waals surface area contributed by atoms with Crippen LogP contribution in [0.5, 0.6) is 0 Å². The van der Waals surface area contributed by atoms with E-state index in [4.69, 9.17) is 16.3 Å². The molecule has 2 aromatic heterocycles. The van der Waals surface area contributed by atoms with Gasteiger partial charge in [0.1, 0.15) is 22.6 Å². The third-order valence-electron chi connectivity index (χ3n) is 5.66. The summed E-state index contributed by atoms with van der Waals surface area (Å²) in [5, 5.41) is 13.8. The minimum absolute atomic E-state index is 0.0129. The zero-order valence-corrected chi connectivity index (χ0v) is 22.0. The van der Waals surface area contributed by atoms with Crippen LogP contribution in [-0.2, 0) is 4.74 Å². The van der Waals surface area contributed by atoms with Gasteiger partial charge >= 0.3 is 12.1 Å². The number of carbonyl (C=O) groups excluding carboxylic acids is 2. The number of aromatic carboxylic acids is 1. The van der Waals surface area contributed by atoms with Crippen molar-refractivity contribution in [3.8, 4) is 11.3 Å². The van der Waals surface area contributed by atoms with Crippen molar-refractivity contribution in [2.75, 3.05) is 11.9 Å². The zero-order valence-electron chi connectivity index (χ0n) is 21.2.